The van der Waals surface area contributed by atoms with Gasteiger partial charge in [-0.25, -0.2) is 0 Å². The van der Waals surface area contributed by atoms with Crippen molar-refractivity contribution in [3.8, 4) is 0 Å². The minimum absolute atomic E-state index is 0.169. The normalized spacial score (nSPS) is 19.1. The third-order valence-electron chi connectivity index (χ3n) is 5.80. The fourth-order valence-corrected chi connectivity index (χ4v) is 5.19. The van der Waals surface area contributed by atoms with Crippen LogP contribution in [0.4, 0.5) is 11.4 Å². The van der Waals surface area contributed by atoms with Crippen LogP contribution in [-0.2, 0) is 9.53 Å². The van der Waals surface area contributed by atoms with Gasteiger partial charge in [-0.15, -0.1) is 11.3 Å². The number of carbonyl (C=O) groups is 2. The van der Waals surface area contributed by atoms with Crippen LogP contribution in [0, 0.1) is 6.92 Å². The van der Waals surface area contributed by atoms with Crippen LogP contribution in [0.25, 0.3) is 0 Å². The van der Waals surface area contributed by atoms with Crippen LogP contribution in [0.1, 0.15) is 34.5 Å². The van der Waals surface area contributed by atoms with Crippen LogP contribution in [0.5, 0.6) is 0 Å². The number of nitrogens with one attached hydrogen (secondary N) is 2. The van der Waals surface area contributed by atoms with Gasteiger partial charge in [0.1, 0.15) is 18.0 Å². The molecule has 0 bridgehead atoms. The fourth-order valence-electron chi connectivity index (χ4n) is 3.91. The molecule has 164 valence electrons. The number of benzene rings is 1. The smallest absolute Gasteiger partial charge is 0.262 e. The summed E-state index contributed by atoms with van der Waals surface area (Å²) in [4.78, 5) is 32.8. The summed E-state index contributed by atoms with van der Waals surface area (Å²) in [7, 11) is 1.77. The predicted molar refractivity (Wildman–Crippen MR) is 127 cm³/mol. The second-order valence-corrected chi connectivity index (χ2v) is 10.3. The molecule has 31 heavy (non-hydrogen) atoms. The Kier molecular flexibility index (Phi) is 6.45. The van der Waals surface area contributed by atoms with Crippen LogP contribution in [0.3, 0.4) is 0 Å². The molecule has 7 nitrogen and oxygen atoms in total. The highest BCUT2D eigenvalue weighted by Crippen LogP contribution is 2.35. The van der Waals surface area contributed by atoms with E-state index in [2.05, 4.69) is 36.5 Å². The molecule has 1 saturated heterocycles. The van der Waals surface area contributed by atoms with E-state index in [1.165, 1.54) is 11.3 Å². The van der Waals surface area contributed by atoms with Gasteiger partial charge in [0.05, 0.1) is 15.3 Å². The molecule has 1 aromatic heterocycles. The number of amidine groups is 1. The Hall–Kier alpha value is -2.23. The molecule has 4 rings (SSSR count). The lowest BCUT2D eigenvalue weighted by Gasteiger charge is -2.40. The zero-order valence-corrected chi connectivity index (χ0v) is 19.9. The number of rotatable bonds is 5. The SMILES string of the molecule is C/N=C1/COCCN1c1ccc(NC(=O)C2(NC(=O)c3ccc(Br)s3)CCC2)cc1C. The average Bonchev–Trinajstić information content (AvgIpc) is 3.17. The zero-order chi connectivity index (χ0) is 22.0. The monoisotopic (exact) mass is 504 g/mol. The molecule has 0 spiro atoms. The minimum atomic E-state index is -0.855. The quantitative estimate of drug-likeness (QED) is 0.644. The van der Waals surface area contributed by atoms with Gasteiger partial charge in [-0.2, -0.15) is 0 Å². The maximum Gasteiger partial charge on any atom is 0.262 e. The van der Waals surface area contributed by atoms with Crippen molar-refractivity contribution in [1.82, 2.24) is 5.32 Å². The Balaban J connectivity index is 1.47. The van der Waals surface area contributed by atoms with Crippen LogP contribution in [-0.4, -0.2) is 50.0 Å². The van der Waals surface area contributed by atoms with E-state index in [1.54, 1.807) is 13.1 Å². The van der Waals surface area contributed by atoms with Crippen molar-refractivity contribution >= 4 is 56.3 Å². The first-order valence-electron chi connectivity index (χ1n) is 10.2. The number of halogens is 1. The highest BCUT2D eigenvalue weighted by molar-refractivity contribution is 9.11. The molecular weight excluding hydrogens is 480 g/mol. The van der Waals surface area contributed by atoms with Gasteiger partial charge in [0.15, 0.2) is 0 Å². The van der Waals surface area contributed by atoms with Crippen molar-refractivity contribution in [3.63, 3.8) is 0 Å². The van der Waals surface area contributed by atoms with Crippen molar-refractivity contribution in [2.24, 2.45) is 4.99 Å². The molecule has 2 aliphatic rings. The van der Waals surface area contributed by atoms with Crippen molar-refractivity contribution < 1.29 is 14.3 Å². The molecule has 0 unspecified atom stereocenters. The van der Waals surface area contributed by atoms with Crippen LogP contribution in [0.15, 0.2) is 39.1 Å². The number of hydrogen-bond donors (Lipinski definition) is 2. The van der Waals surface area contributed by atoms with Gasteiger partial charge in [0.25, 0.3) is 5.91 Å². The largest absolute Gasteiger partial charge is 0.372 e. The molecule has 0 atom stereocenters. The Bertz CT molecular complexity index is 1030. The third kappa shape index (κ3) is 4.53. The van der Waals surface area contributed by atoms with Crippen molar-refractivity contribution in [2.45, 2.75) is 31.7 Å². The molecule has 1 saturated carbocycles. The second kappa shape index (κ2) is 9.10. The molecule has 2 fully saturated rings. The van der Waals surface area contributed by atoms with Crippen LogP contribution < -0.4 is 15.5 Å². The van der Waals surface area contributed by atoms with Crippen LogP contribution >= 0.6 is 27.3 Å². The number of ether oxygens (including phenoxy) is 1. The van der Waals surface area contributed by atoms with E-state index in [1.807, 2.05) is 31.2 Å². The number of aliphatic imine (C=N–C) groups is 1. The maximum atomic E-state index is 13.1. The van der Waals surface area contributed by atoms with E-state index in [-0.39, 0.29) is 11.8 Å². The molecule has 9 heteroatoms. The molecule has 0 radical (unpaired) electrons. The Morgan fingerprint density at radius 2 is 2.06 bits per heavy atom. The first-order chi connectivity index (χ1) is 14.9. The summed E-state index contributed by atoms with van der Waals surface area (Å²) in [5.74, 6) is 0.510. The van der Waals surface area contributed by atoms with Gasteiger partial charge in [0.2, 0.25) is 5.91 Å². The Morgan fingerprint density at radius 3 is 2.68 bits per heavy atom. The summed E-state index contributed by atoms with van der Waals surface area (Å²) < 4.78 is 6.38. The highest BCUT2D eigenvalue weighted by Gasteiger charge is 2.45. The molecule has 2 N–H and O–H groups in total. The first-order valence-corrected chi connectivity index (χ1v) is 11.8. The lowest BCUT2D eigenvalue weighted by Crippen LogP contribution is -2.61. The van der Waals surface area contributed by atoms with E-state index in [0.29, 0.717) is 36.6 Å². The van der Waals surface area contributed by atoms with Gasteiger partial charge in [-0.3, -0.25) is 14.6 Å². The summed E-state index contributed by atoms with van der Waals surface area (Å²) in [5.41, 5.74) is 1.95. The van der Waals surface area contributed by atoms with Crippen molar-refractivity contribution in [3.05, 3.63) is 44.6 Å². The van der Waals surface area contributed by atoms with E-state index in [4.69, 9.17) is 4.74 Å². The molecule has 1 aliphatic heterocycles. The fraction of sp³-hybridized carbons (Fsp3) is 0.409. The number of hydrogen-bond acceptors (Lipinski definition) is 5. The van der Waals surface area contributed by atoms with Crippen LogP contribution in [0.2, 0.25) is 0 Å². The van der Waals surface area contributed by atoms with Gasteiger partial charge in [-0.1, -0.05) is 0 Å². The molecular formula is C22H25BrN4O3S. The van der Waals surface area contributed by atoms with E-state index in [9.17, 15) is 9.59 Å². The predicted octanol–water partition coefficient (Wildman–Crippen LogP) is 3.98. The lowest BCUT2D eigenvalue weighted by molar-refractivity contribution is -0.125. The molecule has 2 aromatic rings. The number of morpholine rings is 1. The van der Waals surface area contributed by atoms with Crippen molar-refractivity contribution in [1.29, 1.82) is 0 Å². The standard InChI is InChI=1S/C22H25BrN4O3S/c1-14-12-15(4-5-16(14)27-10-11-30-13-19(27)24-2)25-21(29)22(8-3-9-22)26-20(28)17-6-7-18(23)31-17/h4-7,12H,3,8-11,13H2,1-2H3,(H,25,29)(H,26,28)/b24-19-. The summed E-state index contributed by atoms with van der Waals surface area (Å²) >= 11 is 4.73. The summed E-state index contributed by atoms with van der Waals surface area (Å²) in [6.07, 6.45) is 2.19. The summed E-state index contributed by atoms with van der Waals surface area (Å²) in [6.45, 7) is 3.91. The lowest BCUT2D eigenvalue weighted by atomic mass is 9.75. The summed E-state index contributed by atoms with van der Waals surface area (Å²) in [5, 5.41) is 5.98. The van der Waals surface area contributed by atoms with Gasteiger partial charge < -0.3 is 20.3 Å². The van der Waals surface area contributed by atoms with E-state index < -0.39 is 5.54 Å². The number of aryl methyl sites for hydroxylation is 1. The zero-order valence-electron chi connectivity index (χ0n) is 17.5. The van der Waals surface area contributed by atoms with Gasteiger partial charge >= 0.3 is 0 Å². The summed E-state index contributed by atoms with van der Waals surface area (Å²) in [6, 6.07) is 9.45. The topological polar surface area (TPSA) is 83.0 Å². The first kappa shape index (κ1) is 22.0. The third-order valence-corrected chi connectivity index (χ3v) is 7.42. The second-order valence-electron chi connectivity index (χ2n) is 7.79. The number of amides is 2. The highest BCUT2D eigenvalue weighted by atomic mass is 79.9. The van der Waals surface area contributed by atoms with E-state index in [0.717, 1.165) is 33.8 Å². The molecule has 1 aliphatic carbocycles. The molecule has 1 aromatic carbocycles. The number of carbonyl (C=O) groups excluding carboxylic acids is 2. The Morgan fingerprint density at radius 1 is 1.26 bits per heavy atom. The number of anilines is 2. The Labute approximate surface area is 194 Å². The maximum absolute atomic E-state index is 13.1. The van der Waals surface area contributed by atoms with Crippen molar-refractivity contribution in [2.75, 3.05) is 37.0 Å². The molecule has 2 heterocycles. The van der Waals surface area contributed by atoms with Gasteiger partial charge in [-0.05, 0) is 78.0 Å². The minimum Gasteiger partial charge on any atom is -0.372 e. The van der Waals surface area contributed by atoms with E-state index >= 15 is 0 Å². The number of thiophene rings is 1. The average molecular weight is 505 g/mol. The van der Waals surface area contributed by atoms with Gasteiger partial charge in [0, 0.05) is 25.0 Å². The molecule has 2 amide bonds. The number of nitrogens with zero attached hydrogens (tertiary/aromatic N) is 2.